The smallest absolute Gasteiger partial charge is 0.369 e. The van der Waals surface area contributed by atoms with Gasteiger partial charge in [-0.25, -0.2) is 0 Å². The molecular formula is C9H9N3O4. The van der Waals surface area contributed by atoms with Crippen LogP contribution in [0, 0.1) is 20.2 Å². The molecule has 0 radical (unpaired) electrons. The highest BCUT2D eigenvalue weighted by atomic mass is 16.6. The standard InChI is InChI=1S/C9H9N3O4/c13-11(14)7-4-3-6-2-1-5-10-8(6)9(7)12(15)16/h3-4,10H,1-2,5H2. The molecule has 7 heteroatoms. The molecule has 1 aromatic rings. The second kappa shape index (κ2) is 3.76. The summed E-state index contributed by atoms with van der Waals surface area (Å²) in [5, 5.41) is 24.4. The second-order valence-electron chi connectivity index (χ2n) is 3.51. The maximum Gasteiger partial charge on any atom is 0.369 e. The molecule has 1 aliphatic rings. The number of benzene rings is 1. The van der Waals surface area contributed by atoms with Crippen molar-refractivity contribution in [3.05, 3.63) is 37.9 Å². The Morgan fingerprint density at radius 3 is 2.56 bits per heavy atom. The number of hydrogen-bond donors (Lipinski definition) is 1. The molecule has 0 saturated carbocycles. The molecule has 1 N–H and O–H groups in total. The Bertz CT molecular complexity index is 472. The lowest BCUT2D eigenvalue weighted by Gasteiger charge is -2.16. The summed E-state index contributed by atoms with van der Waals surface area (Å²) in [5.41, 5.74) is 0.175. The van der Waals surface area contributed by atoms with Crippen LogP contribution < -0.4 is 5.32 Å². The summed E-state index contributed by atoms with van der Waals surface area (Å²) in [6.07, 6.45) is 1.59. The molecule has 1 aliphatic heterocycles. The maximum absolute atomic E-state index is 10.9. The molecule has 0 bridgehead atoms. The SMILES string of the molecule is O=[N+]([O-])c1ccc2c(c1[N+](=O)[O-])NCCC2. The Morgan fingerprint density at radius 2 is 1.94 bits per heavy atom. The van der Waals surface area contributed by atoms with Crippen molar-refractivity contribution in [3.63, 3.8) is 0 Å². The molecular weight excluding hydrogens is 214 g/mol. The van der Waals surface area contributed by atoms with Gasteiger partial charge in [-0.3, -0.25) is 20.2 Å². The van der Waals surface area contributed by atoms with Gasteiger partial charge in [0.2, 0.25) is 0 Å². The summed E-state index contributed by atoms with van der Waals surface area (Å²) in [6.45, 7) is 0.606. The van der Waals surface area contributed by atoms with Gasteiger partial charge in [-0.1, -0.05) is 0 Å². The second-order valence-corrected chi connectivity index (χ2v) is 3.51. The summed E-state index contributed by atoms with van der Waals surface area (Å²) in [6, 6.07) is 2.77. The summed E-state index contributed by atoms with van der Waals surface area (Å²) >= 11 is 0. The van der Waals surface area contributed by atoms with Gasteiger partial charge in [0.1, 0.15) is 5.69 Å². The van der Waals surface area contributed by atoms with Gasteiger partial charge in [0.25, 0.3) is 0 Å². The molecule has 0 unspecified atom stereocenters. The third-order valence-corrected chi connectivity index (χ3v) is 2.55. The van der Waals surface area contributed by atoms with Crippen LogP contribution in [0.1, 0.15) is 12.0 Å². The Labute approximate surface area is 90.4 Å². The lowest BCUT2D eigenvalue weighted by Crippen LogP contribution is -2.14. The molecule has 7 nitrogen and oxygen atoms in total. The number of anilines is 1. The topological polar surface area (TPSA) is 98.3 Å². The fourth-order valence-corrected chi connectivity index (χ4v) is 1.85. The van der Waals surface area contributed by atoms with Crippen molar-refractivity contribution in [2.75, 3.05) is 11.9 Å². The van der Waals surface area contributed by atoms with E-state index in [1.807, 2.05) is 0 Å². The van der Waals surface area contributed by atoms with E-state index in [0.717, 1.165) is 12.0 Å². The van der Waals surface area contributed by atoms with E-state index in [1.54, 1.807) is 6.07 Å². The normalized spacial score (nSPS) is 13.8. The zero-order valence-corrected chi connectivity index (χ0v) is 8.30. The van der Waals surface area contributed by atoms with Crippen molar-refractivity contribution >= 4 is 17.1 Å². The van der Waals surface area contributed by atoms with Gasteiger partial charge in [-0.05, 0) is 24.5 Å². The molecule has 0 aromatic heterocycles. The molecule has 0 atom stereocenters. The monoisotopic (exact) mass is 223 g/mol. The minimum absolute atomic E-state index is 0.297. The highest BCUT2D eigenvalue weighted by Crippen LogP contribution is 2.39. The molecule has 0 spiro atoms. The van der Waals surface area contributed by atoms with E-state index in [4.69, 9.17) is 0 Å². The Hall–Kier alpha value is -2.18. The number of fused-ring (bicyclic) bond motifs is 1. The average molecular weight is 223 g/mol. The molecule has 0 amide bonds. The summed E-state index contributed by atoms with van der Waals surface area (Å²) in [7, 11) is 0. The first-order valence-electron chi connectivity index (χ1n) is 4.80. The maximum atomic E-state index is 10.9. The minimum Gasteiger partial charge on any atom is -0.379 e. The third-order valence-electron chi connectivity index (χ3n) is 2.55. The van der Waals surface area contributed by atoms with Gasteiger partial charge in [-0.2, -0.15) is 0 Å². The number of hydrogen-bond acceptors (Lipinski definition) is 5. The number of aryl methyl sites for hydroxylation is 1. The van der Waals surface area contributed by atoms with Gasteiger partial charge in [0.15, 0.2) is 0 Å². The quantitative estimate of drug-likeness (QED) is 0.609. The van der Waals surface area contributed by atoms with Crippen molar-refractivity contribution in [1.29, 1.82) is 0 Å². The van der Waals surface area contributed by atoms with E-state index >= 15 is 0 Å². The van der Waals surface area contributed by atoms with Crippen LogP contribution >= 0.6 is 0 Å². The van der Waals surface area contributed by atoms with Crippen LogP contribution in [0.15, 0.2) is 12.1 Å². The zero-order valence-electron chi connectivity index (χ0n) is 8.30. The highest BCUT2D eigenvalue weighted by molar-refractivity contribution is 5.75. The highest BCUT2D eigenvalue weighted by Gasteiger charge is 2.31. The van der Waals surface area contributed by atoms with Crippen LogP contribution in [0.3, 0.4) is 0 Å². The van der Waals surface area contributed by atoms with Gasteiger partial charge >= 0.3 is 11.4 Å². The van der Waals surface area contributed by atoms with Crippen molar-refractivity contribution in [2.24, 2.45) is 0 Å². The van der Waals surface area contributed by atoms with Gasteiger partial charge in [0, 0.05) is 12.6 Å². The Balaban J connectivity index is 2.66. The predicted molar refractivity (Wildman–Crippen MR) is 56.6 cm³/mol. The number of rotatable bonds is 2. The number of nitrogens with zero attached hydrogens (tertiary/aromatic N) is 2. The van der Waals surface area contributed by atoms with Gasteiger partial charge in [-0.15, -0.1) is 0 Å². The van der Waals surface area contributed by atoms with Crippen LogP contribution in [-0.2, 0) is 6.42 Å². The molecule has 0 aliphatic carbocycles. The van der Waals surface area contributed by atoms with Crippen LogP contribution in [0.4, 0.5) is 17.1 Å². The predicted octanol–water partition coefficient (Wildman–Crippen LogP) is 1.86. The lowest BCUT2D eigenvalue weighted by molar-refractivity contribution is -0.421. The van der Waals surface area contributed by atoms with E-state index in [2.05, 4.69) is 5.32 Å². The number of nitro benzene ring substituents is 2. The Morgan fingerprint density at radius 1 is 1.19 bits per heavy atom. The first-order valence-corrected chi connectivity index (χ1v) is 4.80. The third kappa shape index (κ3) is 1.56. The molecule has 1 aromatic carbocycles. The van der Waals surface area contributed by atoms with Crippen LogP contribution in [0.5, 0.6) is 0 Å². The first-order chi connectivity index (χ1) is 7.61. The van der Waals surface area contributed by atoms with Crippen molar-refractivity contribution in [2.45, 2.75) is 12.8 Å². The number of nitrogens with one attached hydrogen (secondary N) is 1. The van der Waals surface area contributed by atoms with E-state index in [9.17, 15) is 20.2 Å². The fourth-order valence-electron chi connectivity index (χ4n) is 1.85. The van der Waals surface area contributed by atoms with Crippen LogP contribution in [0.2, 0.25) is 0 Å². The van der Waals surface area contributed by atoms with E-state index < -0.39 is 21.2 Å². The van der Waals surface area contributed by atoms with E-state index in [-0.39, 0.29) is 0 Å². The fraction of sp³-hybridized carbons (Fsp3) is 0.333. The number of nitro groups is 2. The first kappa shape index (κ1) is 10.3. The lowest BCUT2D eigenvalue weighted by atomic mass is 10.0. The molecule has 1 heterocycles. The van der Waals surface area contributed by atoms with Crippen LogP contribution in [-0.4, -0.2) is 16.4 Å². The average Bonchev–Trinajstić information content (AvgIpc) is 2.27. The van der Waals surface area contributed by atoms with E-state index in [0.29, 0.717) is 18.7 Å². The van der Waals surface area contributed by atoms with Crippen molar-refractivity contribution in [3.8, 4) is 0 Å². The minimum atomic E-state index is -0.727. The molecule has 16 heavy (non-hydrogen) atoms. The Kier molecular flexibility index (Phi) is 2.43. The molecule has 0 fully saturated rings. The largest absolute Gasteiger partial charge is 0.379 e. The molecule has 84 valence electrons. The van der Waals surface area contributed by atoms with Crippen molar-refractivity contribution < 1.29 is 9.85 Å². The summed E-state index contributed by atoms with van der Waals surface area (Å²) in [5.74, 6) is 0. The van der Waals surface area contributed by atoms with E-state index in [1.165, 1.54) is 6.07 Å². The summed E-state index contributed by atoms with van der Waals surface area (Å²) in [4.78, 5) is 20.1. The molecule has 0 saturated heterocycles. The van der Waals surface area contributed by atoms with Gasteiger partial charge < -0.3 is 5.32 Å². The van der Waals surface area contributed by atoms with Gasteiger partial charge in [0.05, 0.1) is 9.85 Å². The molecule has 2 rings (SSSR count). The summed E-state index contributed by atoms with van der Waals surface area (Å²) < 4.78 is 0. The van der Waals surface area contributed by atoms with Crippen LogP contribution in [0.25, 0.3) is 0 Å². The van der Waals surface area contributed by atoms with Crippen molar-refractivity contribution in [1.82, 2.24) is 0 Å². The zero-order chi connectivity index (χ0) is 11.7.